The van der Waals surface area contributed by atoms with Crippen molar-refractivity contribution in [2.24, 2.45) is 0 Å². The molecule has 0 aliphatic carbocycles. The second-order valence-electron chi connectivity index (χ2n) is 3.58. The van der Waals surface area contributed by atoms with Crippen LogP contribution in [0.4, 0.5) is 14.5 Å². The van der Waals surface area contributed by atoms with Gasteiger partial charge in [-0.05, 0) is 25.0 Å². The summed E-state index contributed by atoms with van der Waals surface area (Å²) in [6.07, 6.45) is 1.55. The van der Waals surface area contributed by atoms with Crippen molar-refractivity contribution in [3.8, 4) is 0 Å². The van der Waals surface area contributed by atoms with Crippen LogP contribution < -0.4 is 10.2 Å². The minimum atomic E-state index is -0.492. The van der Waals surface area contributed by atoms with Gasteiger partial charge in [-0.1, -0.05) is 9.39 Å². The van der Waals surface area contributed by atoms with Crippen LogP contribution in [0.25, 0.3) is 0 Å². The molecule has 1 N–H and O–H groups in total. The molecule has 0 bridgehead atoms. The molecular formula is C10H13F2N2OP. The van der Waals surface area contributed by atoms with Gasteiger partial charge in [-0.15, -0.1) is 0 Å². The van der Waals surface area contributed by atoms with E-state index in [0.29, 0.717) is 6.61 Å². The van der Waals surface area contributed by atoms with E-state index in [2.05, 4.69) is 14.5 Å². The lowest BCUT2D eigenvalue weighted by atomic mass is 10.2. The van der Waals surface area contributed by atoms with Crippen molar-refractivity contribution in [2.75, 3.05) is 11.7 Å². The lowest BCUT2D eigenvalue weighted by Crippen LogP contribution is -2.46. The van der Waals surface area contributed by atoms with E-state index in [9.17, 15) is 8.78 Å². The maximum absolute atomic E-state index is 13.5. The molecule has 1 aliphatic heterocycles. The second-order valence-corrected chi connectivity index (χ2v) is 3.91. The van der Waals surface area contributed by atoms with Crippen molar-refractivity contribution in [3.05, 3.63) is 29.8 Å². The first-order valence-electron chi connectivity index (χ1n) is 5.05. The van der Waals surface area contributed by atoms with Gasteiger partial charge in [0.15, 0.2) is 0 Å². The summed E-state index contributed by atoms with van der Waals surface area (Å²) in [4.78, 5) is 5.35. The number of hydrogen-bond donors (Lipinski definition) is 1. The average Bonchev–Trinajstić information content (AvgIpc) is 2.32. The maximum atomic E-state index is 13.5. The van der Waals surface area contributed by atoms with Gasteiger partial charge in [-0.25, -0.2) is 13.8 Å². The lowest BCUT2D eigenvalue weighted by molar-refractivity contribution is 0.0447. The Kier molecular flexibility index (Phi) is 3.69. The van der Waals surface area contributed by atoms with Crippen LogP contribution in [0.2, 0.25) is 0 Å². The standard InChI is InChI=1S/C10H13F2N2OP/c11-7-3-4-8(12)9(6-7)14-10(13-16)2-1-5-15-14/h3-4,6,10,13H,1-2,5,16H2/t10-/m1/s1. The van der Waals surface area contributed by atoms with E-state index < -0.39 is 11.6 Å². The monoisotopic (exact) mass is 246 g/mol. The minimum Gasteiger partial charge on any atom is -0.279 e. The summed E-state index contributed by atoms with van der Waals surface area (Å²) >= 11 is 0. The number of benzene rings is 1. The van der Waals surface area contributed by atoms with Gasteiger partial charge in [0.2, 0.25) is 0 Å². The van der Waals surface area contributed by atoms with E-state index in [1.807, 2.05) is 0 Å². The summed E-state index contributed by atoms with van der Waals surface area (Å²) in [5, 5.41) is 4.31. The molecule has 1 aromatic carbocycles. The molecule has 0 radical (unpaired) electrons. The van der Waals surface area contributed by atoms with E-state index in [-0.39, 0.29) is 11.9 Å². The third kappa shape index (κ3) is 2.32. The molecular weight excluding hydrogens is 233 g/mol. The minimum absolute atomic E-state index is 0.125. The first-order chi connectivity index (χ1) is 7.72. The topological polar surface area (TPSA) is 24.5 Å². The normalized spacial score (nSPS) is 21.2. The molecule has 0 amide bonds. The molecule has 1 fully saturated rings. The highest BCUT2D eigenvalue weighted by molar-refractivity contribution is 7.13. The van der Waals surface area contributed by atoms with Crippen molar-refractivity contribution in [1.82, 2.24) is 5.09 Å². The number of hydrogen-bond acceptors (Lipinski definition) is 3. The van der Waals surface area contributed by atoms with Gasteiger partial charge in [0.25, 0.3) is 0 Å². The number of nitrogens with zero attached hydrogens (tertiary/aromatic N) is 1. The fourth-order valence-corrected chi connectivity index (χ4v) is 1.99. The zero-order valence-corrected chi connectivity index (χ0v) is 9.77. The molecule has 1 aliphatic rings. The molecule has 2 atom stereocenters. The van der Waals surface area contributed by atoms with Gasteiger partial charge in [0.1, 0.15) is 23.5 Å². The van der Waals surface area contributed by atoms with Crippen LogP contribution in [0.15, 0.2) is 18.2 Å². The SMILES string of the molecule is Fc1ccc(F)c(N2OCCC[C@@H]2NP)c1. The van der Waals surface area contributed by atoms with Crippen LogP contribution in [0.3, 0.4) is 0 Å². The van der Waals surface area contributed by atoms with Crippen LogP contribution in [-0.2, 0) is 4.84 Å². The Labute approximate surface area is 95.0 Å². The van der Waals surface area contributed by atoms with Crippen LogP contribution in [0.1, 0.15) is 12.8 Å². The molecule has 0 spiro atoms. The largest absolute Gasteiger partial charge is 0.279 e. The first kappa shape index (κ1) is 11.7. The zero-order chi connectivity index (χ0) is 11.5. The molecule has 1 heterocycles. The fourth-order valence-electron chi connectivity index (χ4n) is 1.69. The Bertz CT molecular complexity index is 378. The summed E-state index contributed by atoms with van der Waals surface area (Å²) in [5.74, 6) is -0.971. The number of rotatable bonds is 2. The van der Waals surface area contributed by atoms with Gasteiger partial charge in [-0.3, -0.25) is 9.92 Å². The third-order valence-electron chi connectivity index (χ3n) is 2.47. The molecule has 2 rings (SSSR count). The quantitative estimate of drug-likeness (QED) is 0.810. The number of anilines is 1. The van der Waals surface area contributed by atoms with Gasteiger partial charge >= 0.3 is 0 Å². The molecule has 88 valence electrons. The molecule has 1 aromatic rings. The molecule has 0 aromatic heterocycles. The van der Waals surface area contributed by atoms with Crippen molar-refractivity contribution < 1.29 is 13.6 Å². The van der Waals surface area contributed by atoms with Gasteiger partial charge in [0, 0.05) is 6.07 Å². The molecule has 16 heavy (non-hydrogen) atoms. The predicted octanol–water partition coefficient (Wildman–Crippen LogP) is 2.20. The fraction of sp³-hybridized carbons (Fsp3) is 0.400. The highest BCUT2D eigenvalue weighted by Gasteiger charge is 2.25. The molecule has 3 nitrogen and oxygen atoms in total. The Balaban J connectivity index is 2.30. The van der Waals surface area contributed by atoms with Crippen molar-refractivity contribution >= 4 is 15.1 Å². The van der Waals surface area contributed by atoms with Crippen LogP contribution in [-0.4, -0.2) is 12.8 Å². The molecule has 1 unspecified atom stereocenters. The van der Waals surface area contributed by atoms with Crippen LogP contribution in [0, 0.1) is 11.6 Å². The first-order valence-corrected chi connectivity index (χ1v) is 5.63. The number of halogens is 2. The summed E-state index contributed by atoms with van der Waals surface area (Å²) in [6, 6.07) is 3.32. The van der Waals surface area contributed by atoms with Crippen molar-refractivity contribution in [2.45, 2.75) is 19.0 Å². The van der Waals surface area contributed by atoms with Crippen LogP contribution >= 0.6 is 9.39 Å². The second kappa shape index (κ2) is 5.04. The Hall–Kier alpha value is -0.770. The lowest BCUT2D eigenvalue weighted by Gasteiger charge is -2.35. The summed E-state index contributed by atoms with van der Waals surface area (Å²) < 4.78 is 26.6. The van der Waals surface area contributed by atoms with E-state index >= 15 is 0 Å². The third-order valence-corrected chi connectivity index (χ3v) is 2.86. The highest BCUT2D eigenvalue weighted by Crippen LogP contribution is 2.26. The number of nitrogens with one attached hydrogen (secondary N) is 1. The van der Waals surface area contributed by atoms with Gasteiger partial charge in [-0.2, -0.15) is 0 Å². The van der Waals surface area contributed by atoms with Crippen molar-refractivity contribution in [3.63, 3.8) is 0 Å². The summed E-state index contributed by atoms with van der Waals surface area (Å²) in [6.45, 7) is 0.513. The maximum Gasteiger partial charge on any atom is 0.149 e. The number of hydroxylamine groups is 1. The molecule has 6 heteroatoms. The molecule has 0 saturated carbocycles. The Morgan fingerprint density at radius 2 is 2.25 bits per heavy atom. The highest BCUT2D eigenvalue weighted by atomic mass is 31.0. The average molecular weight is 246 g/mol. The Morgan fingerprint density at radius 1 is 1.44 bits per heavy atom. The zero-order valence-electron chi connectivity index (χ0n) is 8.62. The van der Waals surface area contributed by atoms with E-state index in [4.69, 9.17) is 4.84 Å². The van der Waals surface area contributed by atoms with E-state index in [1.165, 1.54) is 5.06 Å². The smallest absolute Gasteiger partial charge is 0.149 e. The van der Waals surface area contributed by atoms with Gasteiger partial charge < -0.3 is 0 Å². The summed E-state index contributed by atoms with van der Waals surface area (Å²) in [7, 11) is 2.36. The van der Waals surface area contributed by atoms with Crippen LogP contribution in [0.5, 0.6) is 0 Å². The Morgan fingerprint density at radius 3 is 3.00 bits per heavy atom. The summed E-state index contributed by atoms with van der Waals surface area (Å²) in [5.41, 5.74) is 0.125. The van der Waals surface area contributed by atoms with Crippen molar-refractivity contribution in [1.29, 1.82) is 0 Å². The predicted molar refractivity (Wildman–Crippen MR) is 60.7 cm³/mol. The molecule has 1 saturated heterocycles. The van der Waals surface area contributed by atoms with E-state index in [1.54, 1.807) is 0 Å². The van der Waals surface area contributed by atoms with Gasteiger partial charge in [0.05, 0.1) is 6.61 Å². The van der Waals surface area contributed by atoms with E-state index in [0.717, 1.165) is 31.0 Å².